The van der Waals surface area contributed by atoms with E-state index in [1.165, 1.54) is 6.26 Å². The number of carbonyl (C=O) groups is 1. The van der Waals surface area contributed by atoms with Crippen LogP contribution in [0.4, 0.5) is 0 Å². The summed E-state index contributed by atoms with van der Waals surface area (Å²) in [6.45, 7) is 6.12. The van der Waals surface area contributed by atoms with Gasteiger partial charge in [0.05, 0.1) is 12.1 Å². The van der Waals surface area contributed by atoms with Gasteiger partial charge in [0, 0.05) is 6.07 Å². The van der Waals surface area contributed by atoms with Crippen LogP contribution in [0.25, 0.3) is 0 Å². The zero-order valence-corrected chi connectivity index (χ0v) is 9.24. The van der Waals surface area contributed by atoms with Gasteiger partial charge in [0.2, 0.25) is 5.91 Å². The third kappa shape index (κ3) is 5.17. The lowest BCUT2D eigenvalue weighted by atomic mass is 10.2. The van der Waals surface area contributed by atoms with Gasteiger partial charge in [0.25, 0.3) is 0 Å². The van der Waals surface area contributed by atoms with Crippen molar-refractivity contribution in [1.82, 2.24) is 10.5 Å². The molecule has 0 atom stereocenters. The highest BCUT2D eigenvalue weighted by molar-refractivity contribution is 5.77. The first kappa shape index (κ1) is 11.7. The molecule has 0 aliphatic heterocycles. The largest absolute Gasteiger partial charge is 0.366 e. The highest BCUT2D eigenvalue weighted by Gasteiger charge is 2.12. The molecule has 0 bridgehead atoms. The molecule has 1 amide bonds. The molecule has 0 spiro atoms. The van der Waals surface area contributed by atoms with Crippen LogP contribution in [0.2, 0.25) is 0 Å². The Labute approximate surface area is 88.8 Å². The number of nitrogens with one attached hydrogen (secondary N) is 1. The van der Waals surface area contributed by atoms with E-state index in [-0.39, 0.29) is 18.1 Å². The van der Waals surface area contributed by atoms with Crippen LogP contribution in [0.1, 0.15) is 26.5 Å². The first-order valence-electron chi connectivity index (χ1n) is 4.77. The average molecular weight is 212 g/mol. The van der Waals surface area contributed by atoms with Crippen LogP contribution in [0.3, 0.4) is 0 Å². The highest BCUT2D eigenvalue weighted by atomic mass is 16.5. The summed E-state index contributed by atoms with van der Waals surface area (Å²) in [5, 5.41) is 6.34. The lowest BCUT2D eigenvalue weighted by molar-refractivity contribution is -0.130. The van der Waals surface area contributed by atoms with Crippen molar-refractivity contribution in [2.75, 3.05) is 6.61 Å². The molecule has 5 heteroatoms. The zero-order chi connectivity index (χ0) is 11.3. The van der Waals surface area contributed by atoms with Gasteiger partial charge in [-0.1, -0.05) is 5.16 Å². The molecule has 15 heavy (non-hydrogen) atoms. The van der Waals surface area contributed by atoms with Gasteiger partial charge in [-0.15, -0.1) is 0 Å². The Morgan fingerprint density at radius 3 is 2.87 bits per heavy atom. The number of nitrogens with zero attached hydrogens (tertiary/aromatic N) is 1. The molecular formula is C10H16N2O3. The van der Waals surface area contributed by atoms with Gasteiger partial charge in [-0.25, -0.2) is 0 Å². The molecule has 0 saturated carbocycles. The van der Waals surface area contributed by atoms with E-state index in [0.717, 1.165) is 0 Å². The summed E-state index contributed by atoms with van der Waals surface area (Å²) in [6, 6.07) is 1.70. The normalized spacial score (nSPS) is 11.4. The molecule has 1 heterocycles. The van der Waals surface area contributed by atoms with Crippen LogP contribution < -0.4 is 5.32 Å². The first-order chi connectivity index (χ1) is 6.97. The number of amides is 1. The lowest BCUT2D eigenvalue weighted by Gasteiger charge is -2.18. The maximum Gasteiger partial charge on any atom is 0.246 e. The summed E-state index contributed by atoms with van der Waals surface area (Å²) in [4.78, 5) is 11.3. The standard InChI is InChI=1S/C10H16N2O3/c1-10(2,3)14-7-9(13)11-6-8-4-5-15-12-8/h4-5H,6-7H2,1-3H3,(H,11,13). The van der Waals surface area contributed by atoms with Gasteiger partial charge in [-0.3, -0.25) is 4.79 Å². The second-order valence-electron chi connectivity index (χ2n) is 4.17. The van der Waals surface area contributed by atoms with Crippen molar-refractivity contribution in [2.24, 2.45) is 0 Å². The van der Waals surface area contributed by atoms with Gasteiger partial charge in [-0.2, -0.15) is 0 Å². The topological polar surface area (TPSA) is 64.4 Å². The van der Waals surface area contributed by atoms with E-state index in [9.17, 15) is 4.79 Å². The molecule has 0 unspecified atom stereocenters. The molecular weight excluding hydrogens is 196 g/mol. The van der Waals surface area contributed by atoms with Crippen LogP contribution >= 0.6 is 0 Å². The van der Waals surface area contributed by atoms with Gasteiger partial charge in [0.1, 0.15) is 18.6 Å². The fourth-order valence-electron chi connectivity index (χ4n) is 0.851. The van der Waals surface area contributed by atoms with E-state index in [1.54, 1.807) is 6.07 Å². The van der Waals surface area contributed by atoms with E-state index >= 15 is 0 Å². The zero-order valence-electron chi connectivity index (χ0n) is 9.24. The van der Waals surface area contributed by atoms with Crippen LogP contribution in [-0.4, -0.2) is 23.3 Å². The monoisotopic (exact) mass is 212 g/mol. The second kappa shape index (κ2) is 4.93. The Kier molecular flexibility index (Phi) is 3.85. The van der Waals surface area contributed by atoms with Crippen molar-refractivity contribution in [3.8, 4) is 0 Å². The molecule has 0 fully saturated rings. The van der Waals surface area contributed by atoms with E-state index in [4.69, 9.17) is 4.74 Å². The predicted octanol–water partition coefficient (Wildman–Crippen LogP) is 1.11. The minimum Gasteiger partial charge on any atom is -0.366 e. The van der Waals surface area contributed by atoms with E-state index in [1.807, 2.05) is 20.8 Å². The van der Waals surface area contributed by atoms with Gasteiger partial charge in [-0.05, 0) is 20.8 Å². The van der Waals surface area contributed by atoms with Crippen molar-refractivity contribution in [3.05, 3.63) is 18.0 Å². The van der Waals surface area contributed by atoms with Crippen LogP contribution in [0.5, 0.6) is 0 Å². The number of hydrogen-bond acceptors (Lipinski definition) is 4. The molecule has 0 aromatic carbocycles. The highest BCUT2D eigenvalue weighted by Crippen LogP contribution is 2.05. The first-order valence-corrected chi connectivity index (χ1v) is 4.77. The molecule has 0 aliphatic rings. The number of carbonyl (C=O) groups excluding carboxylic acids is 1. The van der Waals surface area contributed by atoms with Crippen LogP contribution in [0, 0.1) is 0 Å². The summed E-state index contributed by atoms with van der Waals surface area (Å²) < 4.78 is 9.93. The van der Waals surface area contributed by atoms with Crippen molar-refractivity contribution in [2.45, 2.75) is 32.9 Å². The fraction of sp³-hybridized carbons (Fsp3) is 0.600. The molecule has 0 saturated heterocycles. The third-order valence-electron chi connectivity index (χ3n) is 1.59. The molecule has 1 N–H and O–H groups in total. The molecule has 0 radical (unpaired) electrons. The summed E-state index contributed by atoms with van der Waals surface area (Å²) in [5.41, 5.74) is 0.393. The second-order valence-corrected chi connectivity index (χ2v) is 4.17. The Morgan fingerprint density at radius 2 is 2.33 bits per heavy atom. The van der Waals surface area contributed by atoms with Crippen molar-refractivity contribution in [1.29, 1.82) is 0 Å². The van der Waals surface area contributed by atoms with Crippen LogP contribution in [-0.2, 0) is 16.1 Å². The maximum atomic E-state index is 11.3. The number of aromatic nitrogens is 1. The van der Waals surface area contributed by atoms with Crippen molar-refractivity contribution < 1.29 is 14.1 Å². The number of rotatable bonds is 4. The van der Waals surface area contributed by atoms with Crippen LogP contribution in [0.15, 0.2) is 16.9 Å². The van der Waals surface area contributed by atoms with E-state index < -0.39 is 0 Å². The molecule has 1 aromatic rings. The maximum absolute atomic E-state index is 11.3. The Hall–Kier alpha value is -1.36. The van der Waals surface area contributed by atoms with Crippen molar-refractivity contribution in [3.63, 3.8) is 0 Å². The van der Waals surface area contributed by atoms with Crippen molar-refractivity contribution >= 4 is 5.91 Å². The minimum atomic E-state index is -0.300. The SMILES string of the molecule is CC(C)(C)OCC(=O)NCc1ccon1. The quantitative estimate of drug-likeness (QED) is 0.811. The Balaban J connectivity index is 2.20. The fourth-order valence-corrected chi connectivity index (χ4v) is 0.851. The van der Waals surface area contributed by atoms with Gasteiger partial charge >= 0.3 is 0 Å². The average Bonchev–Trinajstić information content (AvgIpc) is 2.62. The summed E-state index contributed by atoms with van der Waals surface area (Å²) in [5.74, 6) is -0.159. The van der Waals surface area contributed by atoms with Gasteiger partial charge < -0.3 is 14.6 Å². The third-order valence-corrected chi connectivity index (χ3v) is 1.59. The van der Waals surface area contributed by atoms with Gasteiger partial charge in [0.15, 0.2) is 0 Å². The summed E-state index contributed by atoms with van der Waals surface area (Å²) >= 11 is 0. The molecule has 84 valence electrons. The Morgan fingerprint density at radius 1 is 1.60 bits per heavy atom. The predicted molar refractivity (Wildman–Crippen MR) is 54.1 cm³/mol. The summed E-state index contributed by atoms with van der Waals surface area (Å²) in [6.07, 6.45) is 1.47. The molecule has 1 rings (SSSR count). The smallest absolute Gasteiger partial charge is 0.246 e. The minimum absolute atomic E-state index is 0.0569. The van der Waals surface area contributed by atoms with E-state index in [0.29, 0.717) is 12.2 Å². The molecule has 1 aromatic heterocycles. The van der Waals surface area contributed by atoms with E-state index in [2.05, 4.69) is 15.0 Å². The summed E-state index contributed by atoms with van der Waals surface area (Å²) in [7, 11) is 0. The lowest BCUT2D eigenvalue weighted by Crippen LogP contribution is -2.31. The molecule has 0 aliphatic carbocycles. The molecule has 5 nitrogen and oxygen atoms in total. The Bertz CT molecular complexity index is 301. The number of hydrogen-bond donors (Lipinski definition) is 1. The number of ether oxygens (including phenoxy) is 1.